The van der Waals surface area contributed by atoms with Gasteiger partial charge in [0.1, 0.15) is 0 Å². The van der Waals surface area contributed by atoms with Crippen LogP contribution < -0.4 is 15.4 Å². The van der Waals surface area contributed by atoms with Crippen LogP contribution in [0.4, 0.5) is 13.2 Å². The fourth-order valence-corrected chi connectivity index (χ4v) is 6.39. The molecule has 5 rings (SSSR count). The van der Waals surface area contributed by atoms with Gasteiger partial charge in [-0.2, -0.15) is 13.2 Å². The van der Waals surface area contributed by atoms with E-state index >= 15 is 0 Å². The lowest BCUT2D eigenvalue weighted by atomic mass is 9.86. The Hall–Kier alpha value is -3.21. The minimum Gasteiger partial charge on any atom is -0.349 e. The van der Waals surface area contributed by atoms with E-state index < -0.39 is 32.7 Å². The Kier molecular flexibility index (Phi) is 8.30. The first kappa shape index (κ1) is 28.3. The first-order chi connectivity index (χ1) is 19.1. The molecule has 0 unspecified atom stereocenters. The summed E-state index contributed by atoms with van der Waals surface area (Å²) in [7, 11) is -4.37. The summed E-state index contributed by atoms with van der Waals surface area (Å²) in [6.07, 6.45) is 0.166. The highest BCUT2D eigenvalue weighted by molar-refractivity contribution is 7.89. The molecule has 0 radical (unpaired) electrons. The number of benzene rings is 3. The molecule has 0 bridgehead atoms. The number of hydrogen-bond acceptors (Lipinski definition) is 4. The van der Waals surface area contributed by atoms with E-state index in [0.717, 1.165) is 49.6 Å². The Morgan fingerprint density at radius 1 is 0.950 bits per heavy atom. The van der Waals surface area contributed by atoms with Gasteiger partial charge in [0, 0.05) is 19.0 Å². The summed E-state index contributed by atoms with van der Waals surface area (Å²) in [5.41, 5.74) is 2.95. The molecule has 0 heterocycles. The zero-order valence-corrected chi connectivity index (χ0v) is 22.7. The molecular weight excluding hydrogens is 539 g/mol. The van der Waals surface area contributed by atoms with E-state index in [1.165, 1.54) is 24.0 Å². The molecule has 2 atom stereocenters. The van der Waals surface area contributed by atoms with Gasteiger partial charge in [-0.15, -0.1) is 0 Å². The Labute approximate surface area is 232 Å². The van der Waals surface area contributed by atoms with Gasteiger partial charge in [-0.05, 0) is 72.6 Å². The third-order valence-electron chi connectivity index (χ3n) is 7.39. The van der Waals surface area contributed by atoms with Crippen LogP contribution in [0.25, 0.3) is 0 Å². The fourth-order valence-electron chi connectivity index (χ4n) is 5.12. The number of aryl methyl sites for hydroxylation is 1. The van der Waals surface area contributed by atoms with Crippen molar-refractivity contribution >= 4 is 15.9 Å². The van der Waals surface area contributed by atoms with E-state index in [-0.39, 0.29) is 18.4 Å². The number of alkyl halides is 3. The molecule has 3 aromatic rings. The predicted molar refractivity (Wildman–Crippen MR) is 146 cm³/mol. The number of hydrogen-bond donors (Lipinski definition) is 3. The second-order valence-corrected chi connectivity index (χ2v) is 12.2. The Morgan fingerprint density at radius 3 is 2.45 bits per heavy atom. The molecular formula is C30H32F3N3O3S. The maximum absolute atomic E-state index is 13.3. The highest BCUT2D eigenvalue weighted by Crippen LogP contribution is 2.33. The number of carbonyl (C=O) groups excluding carboxylic acids is 1. The molecule has 40 heavy (non-hydrogen) atoms. The summed E-state index contributed by atoms with van der Waals surface area (Å²) in [5, 5.41) is 6.59. The van der Waals surface area contributed by atoms with Crippen LogP contribution in [-0.2, 0) is 34.0 Å². The lowest BCUT2D eigenvalue weighted by Gasteiger charge is -2.28. The molecule has 0 aromatic heterocycles. The number of rotatable bonds is 10. The smallest absolute Gasteiger partial charge is 0.349 e. The van der Waals surface area contributed by atoms with E-state index in [1.54, 1.807) is 30.3 Å². The van der Waals surface area contributed by atoms with E-state index in [4.69, 9.17) is 0 Å². The number of amides is 1. The number of halogens is 3. The van der Waals surface area contributed by atoms with Crippen molar-refractivity contribution in [3.8, 4) is 0 Å². The van der Waals surface area contributed by atoms with E-state index in [0.29, 0.717) is 17.7 Å². The summed E-state index contributed by atoms with van der Waals surface area (Å²) >= 11 is 0. The largest absolute Gasteiger partial charge is 0.416 e. The molecule has 0 spiro atoms. The average molecular weight is 572 g/mol. The molecule has 0 aliphatic heterocycles. The van der Waals surface area contributed by atoms with Gasteiger partial charge in [0.25, 0.3) is 0 Å². The summed E-state index contributed by atoms with van der Waals surface area (Å²) in [6.45, 7) is 0.819. The van der Waals surface area contributed by atoms with Gasteiger partial charge in [-0.1, -0.05) is 54.6 Å². The molecule has 212 valence electrons. The van der Waals surface area contributed by atoms with Gasteiger partial charge < -0.3 is 10.6 Å². The number of sulfonamides is 1. The van der Waals surface area contributed by atoms with Crippen molar-refractivity contribution in [1.82, 2.24) is 15.4 Å². The lowest BCUT2D eigenvalue weighted by Crippen LogP contribution is -2.36. The van der Waals surface area contributed by atoms with Crippen LogP contribution in [0.1, 0.15) is 72.0 Å². The van der Waals surface area contributed by atoms with Gasteiger partial charge in [0.2, 0.25) is 15.9 Å². The summed E-state index contributed by atoms with van der Waals surface area (Å²) in [4.78, 5) is 12.7. The van der Waals surface area contributed by atoms with Gasteiger partial charge in [0.15, 0.2) is 0 Å². The van der Waals surface area contributed by atoms with E-state index in [9.17, 15) is 26.4 Å². The van der Waals surface area contributed by atoms with Crippen LogP contribution in [-0.4, -0.2) is 20.4 Å². The zero-order chi connectivity index (χ0) is 28.3. The predicted octanol–water partition coefficient (Wildman–Crippen LogP) is 5.56. The van der Waals surface area contributed by atoms with Crippen molar-refractivity contribution in [2.45, 2.75) is 74.3 Å². The van der Waals surface area contributed by atoms with E-state index in [2.05, 4.69) is 33.6 Å². The molecule has 1 fully saturated rings. The Morgan fingerprint density at radius 2 is 1.73 bits per heavy atom. The molecule has 6 nitrogen and oxygen atoms in total. The summed E-state index contributed by atoms with van der Waals surface area (Å²) in [5.74, 6) is -0.349. The highest BCUT2D eigenvalue weighted by Gasteiger charge is 2.33. The maximum atomic E-state index is 13.3. The van der Waals surface area contributed by atoms with Crippen molar-refractivity contribution in [3.63, 3.8) is 0 Å². The molecule has 0 saturated heterocycles. The highest BCUT2D eigenvalue weighted by atomic mass is 32.2. The van der Waals surface area contributed by atoms with Crippen LogP contribution in [0.5, 0.6) is 0 Å². The molecule has 10 heteroatoms. The van der Waals surface area contributed by atoms with Gasteiger partial charge in [0.05, 0.1) is 22.5 Å². The van der Waals surface area contributed by atoms with Crippen LogP contribution in [0.2, 0.25) is 0 Å². The number of fused-ring (bicyclic) bond motifs is 1. The SMILES string of the molecule is O=C(C[C@@H](NS(=O)(=O)c1cccc(C(F)(F)F)c1)c1ccccc1)N[C@@H]1CCCc2cc(CNC3CC3)ccc21. The normalized spacial score (nSPS) is 18.1. The van der Waals surface area contributed by atoms with Crippen LogP contribution in [0.15, 0.2) is 77.7 Å². The maximum Gasteiger partial charge on any atom is 0.416 e. The van der Waals surface area contributed by atoms with E-state index in [1.807, 2.05) is 0 Å². The van der Waals surface area contributed by atoms with Crippen LogP contribution in [0, 0.1) is 0 Å². The first-order valence-corrected chi connectivity index (χ1v) is 15.0. The van der Waals surface area contributed by atoms with Gasteiger partial charge in [-0.25, -0.2) is 13.1 Å². The third kappa shape index (κ3) is 7.10. The topological polar surface area (TPSA) is 87.3 Å². The van der Waals surface area contributed by atoms with Gasteiger partial charge in [-0.3, -0.25) is 4.79 Å². The average Bonchev–Trinajstić information content (AvgIpc) is 3.76. The van der Waals surface area contributed by atoms with Crippen molar-refractivity contribution in [1.29, 1.82) is 0 Å². The zero-order valence-electron chi connectivity index (χ0n) is 21.9. The monoisotopic (exact) mass is 571 g/mol. The van der Waals surface area contributed by atoms with Crippen LogP contribution >= 0.6 is 0 Å². The molecule has 1 amide bonds. The standard InChI is InChI=1S/C30H32F3N3O3S/c31-30(32,33)23-9-5-10-25(17-23)40(38,39)36-28(21-6-2-1-3-7-21)18-29(37)35-27-11-4-8-22-16-20(12-15-26(22)27)19-34-24-13-14-24/h1-3,5-7,9-10,12,15-17,24,27-28,34,36H,4,8,11,13-14,18-19H2,(H,35,37)/t27-,28-/m1/s1. The van der Waals surface area contributed by atoms with Crippen molar-refractivity contribution in [2.24, 2.45) is 0 Å². The van der Waals surface area contributed by atoms with Gasteiger partial charge >= 0.3 is 6.18 Å². The minimum atomic E-state index is -4.69. The Balaban J connectivity index is 1.31. The quantitative estimate of drug-likeness (QED) is 0.297. The number of carbonyl (C=O) groups is 1. The molecule has 3 N–H and O–H groups in total. The van der Waals surface area contributed by atoms with Crippen molar-refractivity contribution in [3.05, 3.63) is 101 Å². The molecule has 2 aliphatic carbocycles. The fraction of sp³-hybridized carbons (Fsp3) is 0.367. The van der Waals surface area contributed by atoms with Crippen molar-refractivity contribution < 1.29 is 26.4 Å². The molecule has 1 saturated carbocycles. The second-order valence-electron chi connectivity index (χ2n) is 10.5. The Bertz CT molecular complexity index is 1460. The molecule has 3 aromatic carbocycles. The summed E-state index contributed by atoms with van der Waals surface area (Å²) < 4.78 is 68.4. The number of nitrogens with one attached hydrogen (secondary N) is 3. The second kappa shape index (κ2) is 11.7. The minimum absolute atomic E-state index is 0.196. The van der Waals surface area contributed by atoms with Crippen LogP contribution in [0.3, 0.4) is 0 Å². The molecule has 2 aliphatic rings. The van der Waals surface area contributed by atoms with Crippen molar-refractivity contribution in [2.75, 3.05) is 0 Å². The lowest BCUT2D eigenvalue weighted by molar-refractivity contribution is -0.137. The summed E-state index contributed by atoms with van der Waals surface area (Å²) in [6, 6.07) is 17.9. The first-order valence-electron chi connectivity index (χ1n) is 13.5. The third-order valence-corrected chi connectivity index (χ3v) is 8.86.